The smallest absolute Gasteiger partial charge is 0.349 e. The normalized spacial score (nSPS) is 11.7. The van der Waals surface area contributed by atoms with Crippen LogP contribution in [-0.2, 0) is 12.7 Å². The first-order valence-electron chi connectivity index (χ1n) is 9.05. The van der Waals surface area contributed by atoms with E-state index in [1.165, 1.54) is 12.1 Å². The van der Waals surface area contributed by atoms with E-state index in [-0.39, 0.29) is 12.2 Å². The van der Waals surface area contributed by atoms with Gasteiger partial charge in [-0.3, -0.25) is 4.79 Å². The van der Waals surface area contributed by atoms with Crippen LogP contribution < -0.4 is 5.32 Å². The number of aromatic nitrogens is 3. The minimum absolute atomic E-state index is 0.117. The largest absolute Gasteiger partial charge is 0.435 e. The van der Waals surface area contributed by atoms with Crippen molar-refractivity contribution >= 4 is 5.91 Å². The molecule has 0 bridgehead atoms. The van der Waals surface area contributed by atoms with Gasteiger partial charge in [0, 0.05) is 19.6 Å². The molecular formula is C20H19F4N5O. The first-order chi connectivity index (χ1) is 14.3. The Bertz CT molecular complexity index is 1000. The van der Waals surface area contributed by atoms with Gasteiger partial charge in [-0.25, -0.2) is 9.07 Å². The average Bonchev–Trinajstić information content (AvgIpc) is 3.14. The SMILES string of the molecule is CN(CCNC(=O)c1nnn(-c2cccc(F)c2)c1C(F)(F)F)Cc1ccccc1. The highest BCUT2D eigenvalue weighted by atomic mass is 19.4. The molecule has 0 radical (unpaired) electrons. The summed E-state index contributed by atoms with van der Waals surface area (Å²) in [5, 5.41) is 9.26. The lowest BCUT2D eigenvalue weighted by Gasteiger charge is -2.17. The Morgan fingerprint density at radius 2 is 1.87 bits per heavy atom. The Hall–Kier alpha value is -3.27. The van der Waals surface area contributed by atoms with Crippen LogP contribution in [0.2, 0.25) is 0 Å². The van der Waals surface area contributed by atoms with Gasteiger partial charge in [0.2, 0.25) is 0 Å². The van der Waals surface area contributed by atoms with Crippen LogP contribution in [0.4, 0.5) is 17.6 Å². The standard InChI is InChI=1S/C20H19F4N5O/c1-28(13-14-6-3-2-4-7-14)11-10-25-19(30)17-18(20(22,23)24)29(27-26-17)16-9-5-8-15(21)12-16/h2-9,12H,10-11,13H2,1H3,(H,25,30). The van der Waals surface area contributed by atoms with Crippen LogP contribution in [0.5, 0.6) is 0 Å². The lowest BCUT2D eigenvalue weighted by molar-refractivity contribution is -0.143. The Kier molecular flexibility index (Phi) is 6.46. The van der Waals surface area contributed by atoms with E-state index in [0.29, 0.717) is 17.8 Å². The first-order valence-corrected chi connectivity index (χ1v) is 9.05. The molecule has 1 heterocycles. The number of amides is 1. The van der Waals surface area contributed by atoms with Gasteiger partial charge in [0.1, 0.15) is 5.82 Å². The molecule has 0 unspecified atom stereocenters. The summed E-state index contributed by atoms with van der Waals surface area (Å²) in [5.41, 5.74) is -1.33. The molecule has 0 atom stereocenters. The maximum absolute atomic E-state index is 13.6. The molecule has 0 saturated carbocycles. The predicted octanol–water partition coefficient (Wildman–Crippen LogP) is 3.29. The maximum atomic E-state index is 13.6. The van der Waals surface area contributed by atoms with E-state index >= 15 is 0 Å². The van der Waals surface area contributed by atoms with Gasteiger partial charge >= 0.3 is 6.18 Å². The van der Waals surface area contributed by atoms with Gasteiger partial charge in [0.15, 0.2) is 11.4 Å². The van der Waals surface area contributed by atoms with Crippen molar-refractivity contribution in [2.45, 2.75) is 12.7 Å². The van der Waals surface area contributed by atoms with Crippen molar-refractivity contribution in [1.82, 2.24) is 25.2 Å². The molecule has 0 aliphatic heterocycles. The highest BCUT2D eigenvalue weighted by Gasteiger charge is 2.42. The van der Waals surface area contributed by atoms with Crippen molar-refractivity contribution in [2.75, 3.05) is 20.1 Å². The van der Waals surface area contributed by atoms with Crippen LogP contribution in [0.15, 0.2) is 54.6 Å². The van der Waals surface area contributed by atoms with E-state index in [1.807, 2.05) is 42.3 Å². The quantitative estimate of drug-likeness (QED) is 0.595. The second kappa shape index (κ2) is 9.04. The Labute approximate surface area is 170 Å². The summed E-state index contributed by atoms with van der Waals surface area (Å²) >= 11 is 0. The van der Waals surface area contributed by atoms with Crippen molar-refractivity contribution < 1.29 is 22.4 Å². The fraction of sp³-hybridized carbons (Fsp3) is 0.250. The van der Waals surface area contributed by atoms with Gasteiger partial charge in [-0.15, -0.1) is 5.10 Å². The molecule has 158 valence electrons. The number of nitrogens with zero attached hydrogens (tertiary/aromatic N) is 4. The minimum Gasteiger partial charge on any atom is -0.349 e. The average molecular weight is 421 g/mol. The van der Waals surface area contributed by atoms with Gasteiger partial charge in [-0.05, 0) is 30.8 Å². The highest BCUT2D eigenvalue weighted by molar-refractivity contribution is 5.93. The molecule has 0 spiro atoms. The fourth-order valence-electron chi connectivity index (χ4n) is 2.90. The van der Waals surface area contributed by atoms with E-state index in [4.69, 9.17) is 0 Å². The van der Waals surface area contributed by atoms with Crippen molar-refractivity contribution in [3.8, 4) is 5.69 Å². The van der Waals surface area contributed by atoms with E-state index in [2.05, 4.69) is 15.6 Å². The number of rotatable bonds is 7. The lowest BCUT2D eigenvalue weighted by atomic mass is 10.2. The molecule has 0 aliphatic rings. The molecule has 6 nitrogen and oxygen atoms in total. The lowest BCUT2D eigenvalue weighted by Crippen LogP contribution is -2.34. The summed E-state index contributed by atoms with van der Waals surface area (Å²) in [6.07, 6.45) is -4.91. The number of nitrogens with one attached hydrogen (secondary N) is 1. The summed E-state index contributed by atoms with van der Waals surface area (Å²) in [5.74, 6) is -1.73. The minimum atomic E-state index is -4.91. The van der Waals surface area contributed by atoms with Crippen molar-refractivity contribution in [3.05, 3.63) is 77.4 Å². The van der Waals surface area contributed by atoms with Crippen LogP contribution in [0.25, 0.3) is 5.69 Å². The summed E-state index contributed by atoms with van der Waals surface area (Å²) in [6, 6.07) is 14.1. The number of hydrogen-bond donors (Lipinski definition) is 1. The van der Waals surface area contributed by atoms with Crippen LogP contribution in [0, 0.1) is 5.82 Å². The fourth-order valence-corrected chi connectivity index (χ4v) is 2.90. The van der Waals surface area contributed by atoms with Gasteiger partial charge in [-0.1, -0.05) is 41.6 Å². The Morgan fingerprint density at radius 1 is 1.13 bits per heavy atom. The Morgan fingerprint density at radius 3 is 2.53 bits per heavy atom. The zero-order chi connectivity index (χ0) is 21.7. The number of benzene rings is 2. The molecule has 3 rings (SSSR count). The summed E-state index contributed by atoms with van der Waals surface area (Å²) in [6.45, 7) is 1.16. The maximum Gasteiger partial charge on any atom is 0.435 e. The molecular weight excluding hydrogens is 402 g/mol. The van der Waals surface area contributed by atoms with E-state index in [1.54, 1.807) is 0 Å². The third-order valence-electron chi connectivity index (χ3n) is 4.28. The topological polar surface area (TPSA) is 63.1 Å². The predicted molar refractivity (Wildman–Crippen MR) is 101 cm³/mol. The van der Waals surface area contributed by atoms with Crippen LogP contribution in [-0.4, -0.2) is 45.9 Å². The molecule has 0 saturated heterocycles. The van der Waals surface area contributed by atoms with Gasteiger partial charge in [0.25, 0.3) is 5.91 Å². The second-order valence-electron chi connectivity index (χ2n) is 6.66. The molecule has 1 aromatic heterocycles. The summed E-state index contributed by atoms with van der Waals surface area (Å²) in [7, 11) is 1.83. The van der Waals surface area contributed by atoms with Gasteiger partial charge < -0.3 is 10.2 Å². The summed E-state index contributed by atoms with van der Waals surface area (Å²) < 4.78 is 54.6. The third kappa shape index (κ3) is 5.20. The van der Waals surface area contributed by atoms with Crippen molar-refractivity contribution in [3.63, 3.8) is 0 Å². The Balaban J connectivity index is 1.70. The molecule has 3 aromatic rings. The number of likely N-dealkylation sites (N-methyl/N-ethyl adjacent to an activating group) is 1. The molecule has 10 heteroatoms. The molecule has 1 N–H and O–H groups in total. The summed E-state index contributed by atoms with van der Waals surface area (Å²) in [4.78, 5) is 14.3. The second-order valence-corrected chi connectivity index (χ2v) is 6.66. The number of halogens is 4. The zero-order valence-corrected chi connectivity index (χ0v) is 16.0. The monoisotopic (exact) mass is 421 g/mol. The van der Waals surface area contributed by atoms with E-state index in [0.717, 1.165) is 17.7 Å². The van der Waals surface area contributed by atoms with Crippen LogP contribution >= 0.6 is 0 Å². The molecule has 1 amide bonds. The number of carbonyl (C=O) groups excluding carboxylic acids is 1. The van der Waals surface area contributed by atoms with Crippen molar-refractivity contribution in [1.29, 1.82) is 0 Å². The number of hydrogen-bond acceptors (Lipinski definition) is 4. The van der Waals surface area contributed by atoms with Crippen LogP contribution in [0.1, 0.15) is 21.7 Å². The van der Waals surface area contributed by atoms with Crippen LogP contribution in [0.3, 0.4) is 0 Å². The van der Waals surface area contributed by atoms with E-state index in [9.17, 15) is 22.4 Å². The number of alkyl halides is 3. The zero-order valence-electron chi connectivity index (χ0n) is 16.0. The molecule has 0 fully saturated rings. The highest BCUT2D eigenvalue weighted by Crippen LogP contribution is 2.32. The third-order valence-corrected chi connectivity index (χ3v) is 4.28. The first kappa shape index (κ1) is 21.4. The van der Waals surface area contributed by atoms with E-state index < -0.39 is 29.3 Å². The molecule has 0 aliphatic carbocycles. The van der Waals surface area contributed by atoms with Crippen molar-refractivity contribution in [2.24, 2.45) is 0 Å². The molecule has 30 heavy (non-hydrogen) atoms. The molecule has 2 aromatic carbocycles. The van der Waals surface area contributed by atoms with Gasteiger partial charge in [-0.2, -0.15) is 13.2 Å². The number of carbonyl (C=O) groups is 1. The van der Waals surface area contributed by atoms with Gasteiger partial charge in [0.05, 0.1) is 5.69 Å².